The van der Waals surface area contributed by atoms with Crippen molar-refractivity contribution in [3.8, 4) is 5.75 Å². The largest absolute Gasteiger partial charge is 0.512 e. The summed E-state index contributed by atoms with van der Waals surface area (Å²) in [5, 5.41) is 9.87. The molecule has 0 bridgehead atoms. The van der Waals surface area contributed by atoms with Gasteiger partial charge in [0.2, 0.25) is 0 Å². The second-order valence-electron chi connectivity index (χ2n) is 8.67. The maximum Gasteiger partial charge on any atom is 0.119 e. The van der Waals surface area contributed by atoms with Crippen LogP contribution in [0.5, 0.6) is 5.75 Å². The van der Waals surface area contributed by atoms with Crippen LogP contribution in [-0.4, -0.2) is 11.7 Å². The monoisotopic (exact) mass is 414 g/mol. The van der Waals surface area contributed by atoms with Gasteiger partial charge >= 0.3 is 0 Å². The number of ether oxygens (including phenoxy) is 1. The van der Waals surface area contributed by atoms with Crippen molar-refractivity contribution in [1.82, 2.24) is 0 Å². The third-order valence-corrected chi connectivity index (χ3v) is 6.09. The summed E-state index contributed by atoms with van der Waals surface area (Å²) >= 11 is 0. The van der Waals surface area contributed by atoms with E-state index in [4.69, 9.17) is 4.74 Å². The third kappa shape index (κ3) is 6.24. The lowest BCUT2D eigenvalue weighted by Crippen LogP contribution is -2.19. The van der Waals surface area contributed by atoms with Gasteiger partial charge in [0, 0.05) is 11.3 Å². The van der Waals surface area contributed by atoms with Gasteiger partial charge in [-0.05, 0) is 55.5 Å². The standard InChI is InChI=1S/C29H34O2/c1-23(30)29(2,3)26-18-13-19-27(22-26)31-21-12-6-11-20-28(24-14-7-4-8-15-24)25-16-9-5-10-17-25/h4-5,7-10,13-19,22,28,30H,1,6,11-12,20-21H2,2-3H3. The van der Waals surface area contributed by atoms with E-state index in [0.717, 1.165) is 37.0 Å². The predicted molar refractivity (Wildman–Crippen MR) is 130 cm³/mol. The molecule has 31 heavy (non-hydrogen) atoms. The zero-order chi connectivity index (χ0) is 22.1. The molecular formula is C29H34O2. The zero-order valence-corrected chi connectivity index (χ0v) is 18.8. The molecule has 0 amide bonds. The predicted octanol–water partition coefficient (Wildman–Crippen LogP) is 7.81. The van der Waals surface area contributed by atoms with Crippen LogP contribution < -0.4 is 4.74 Å². The molecule has 0 atom stereocenters. The van der Waals surface area contributed by atoms with Crippen molar-refractivity contribution in [2.75, 3.05) is 6.61 Å². The number of aliphatic hydroxyl groups is 1. The Balaban J connectivity index is 1.49. The minimum absolute atomic E-state index is 0.163. The van der Waals surface area contributed by atoms with Gasteiger partial charge < -0.3 is 9.84 Å². The number of hydrogen-bond acceptors (Lipinski definition) is 2. The molecule has 0 saturated carbocycles. The van der Waals surface area contributed by atoms with E-state index in [2.05, 4.69) is 67.2 Å². The number of hydrogen-bond donors (Lipinski definition) is 1. The first kappa shape index (κ1) is 22.7. The number of benzene rings is 3. The Hall–Kier alpha value is -3.00. The maximum absolute atomic E-state index is 9.87. The van der Waals surface area contributed by atoms with Crippen LogP contribution in [0, 0.1) is 0 Å². The van der Waals surface area contributed by atoms with Crippen molar-refractivity contribution in [1.29, 1.82) is 0 Å². The number of unbranched alkanes of at least 4 members (excludes halogenated alkanes) is 2. The Kier molecular flexibility index (Phi) is 7.94. The summed E-state index contributed by atoms with van der Waals surface area (Å²) in [5.41, 5.74) is 3.29. The van der Waals surface area contributed by atoms with Crippen LogP contribution in [0.3, 0.4) is 0 Å². The van der Waals surface area contributed by atoms with Gasteiger partial charge in [0.1, 0.15) is 5.75 Å². The van der Waals surface area contributed by atoms with Gasteiger partial charge in [-0.15, -0.1) is 0 Å². The average molecular weight is 415 g/mol. The highest BCUT2D eigenvalue weighted by Gasteiger charge is 2.24. The Morgan fingerprint density at radius 2 is 1.45 bits per heavy atom. The van der Waals surface area contributed by atoms with Crippen LogP contribution in [0.25, 0.3) is 0 Å². The third-order valence-electron chi connectivity index (χ3n) is 6.09. The van der Waals surface area contributed by atoms with Crippen LogP contribution in [0.15, 0.2) is 97.3 Å². The summed E-state index contributed by atoms with van der Waals surface area (Å²) in [4.78, 5) is 0. The SMILES string of the molecule is C=C(O)C(C)(C)c1cccc(OCCCCCC(c2ccccc2)c2ccccc2)c1. The van der Waals surface area contributed by atoms with Gasteiger partial charge in [0.25, 0.3) is 0 Å². The summed E-state index contributed by atoms with van der Waals surface area (Å²) in [6.07, 6.45) is 4.46. The minimum Gasteiger partial charge on any atom is -0.512 e. The van der Waals surface area contributed by atoms with E-state index in [1.54, 1.807) is 0 Å². The van der Waals surface area contributed by atoms with E-state index in [0.29, 0.717) is 12.5 Å². The highest BCUT2D eigenvalue weighted by Crippen LogP contribution is 2.32. The fourth-order valence-electron chi connectivity index (χ4n) is 3.86. The highest BCUT2D eigenvalue weighted by atomic mass is 16.5. The average Bonchev–Trinajstić information content (AvgIpc) is 2.80. The van der Waals surface area contributed by atoms with Crippen LogP contribution in [0.1, 0.15) is 62.1 Å². The van der Waals surface area contributed by atoms with E-state index < -0.39 is 5.41 Å². The molecule has 0 aliphatic carbocycles. The molecule has 3 aromatic rings. The van der Waals surface area contributed by atoms with E-state index in [1.165, 1.54) is 11.1 Å². The van der Waals surface area contributed by atoms with Crippen molar-refractivity contribution in [3.63, 3.8) is 0 Å². The molecule has 0 aliphatic rings. The second kappa shape index (κ2) is 10.9. The van der Waals surface area contributed by atoms with Gasteiger partial charge in [0.05, 0.1) is 12.4 Å². The number of rotatable bonds is 11. The Labute approximate surface area is 187 Å². The van der Waals surface area contributed by atoms with E-state index in [1.807, 2.05) is 38.1 Å². The van der Waals surface area contributed by atoms with Crippen molar-refractivity contribution in [3.05, 3.63) is 114 Å². The summed E-state index contributed by atoms with van der Waals surface area (Å²) in [6.45, 7) is 8.33. The molecule has 2 nitrogen and oxygen atoms in total. The summed E-state index contributed by atoms with van der Waals surface area (Å²) in [7, 11) is 0. The molecular weight excluding hydrogens is 380 g/mol. The molecule has 0 saturated heterocycles. The van der Waals surface area contributed by atoms with Crippen molar-refractivity contribution < 1.29 is 9.84 Å². The normalized spacial score (nSPS) is 11.5. The second-order valence-corrected chi connectivity index (χ2v) is 8.67. The van der Waals surface area contributed by atoms with Crippen LogP contribution in [-0.2, 0) is 5.41 Å². The molecule has 1 N–H and O–H groups in total. The Morgan fingerprint density at radius 1 is 0.839 bits per heavy atom. The molecule has 3 aromatic carbocycles. The van der Waals surface area contributed by atoms with Crippen LogP contribution in [0.4, 0.5) is 0 Å². The van der Waals surface area contributed by atoms with E-state index >= 15 is 0 Å². The lowest BCUT2D eigenvalue weighted by Gasteiger charge is -2.24. The first-order valence-corrected chi connectivity index (χ1v) is 11.2. The fourth-order valence-corrected chi connectivity index (χ4v) is 3.86. The quantitative estimate of drug-likeness (QED) is 0.256. The number of aliphatic hydroxyl groups excluding tert-OH is 1. The molecule has 2 heteroatoms. The lowest BCUT2D eigenvalue weighted by molar-refractivity contribution is 0.301. The molecule has 0 unspecified atom stereocenters. The summed E-state index contributed by atoms with van der Waals surface area (Å²) in [6, 6.07) is 29.5. The molecule has 0 aromatic heterocycles. The van der Waals surface area contributed by atoms with Gasteiger partial charge in [-0.25, -0.2) is 0 Å². The van der Waals surface area contributed by atoms with Gasteiger partial charge in [-0.1, -0.05) is 92.2 Å². The van der Waals surface area contributed by atoms with E-state index in [-0.39, 0.29) is 5.76 Å². The fraction of sp³-hybridized carbons (Fsp3) is 0.310. The summed E-state index contributed by atoms with van der Waals surface area (Å²) < 4.78 is 5.99. The molecule has 0 aliphatic heterocycles. The molecule has 0 fully saturated rings. The van der Waals surface area contributed by atoms with Gasteiger partial charge in [-0.2, -0.15) is 0 Å². The van der Waals surface area contributed by atoms with Crippen molar-refractivity contribution in [2.24, 2.45) is 0 Å². The highest BCUT2D eigenvalue weighted by molar-refractivity contribution is 5.37. The van der Waals surface area contributed by atoms with Crippen molar-refractivity contribution in [2.45, 2.75) is 50.9 Å². The zero-order valence-electron chi connectivity index (χ0n) is 18.8. The lowest BCUT2D eigenvalue weighted by atomic mass is 9.83. The molecule has 0 radical (unpaired) electrons. The van der Waals surface area contributed by atoms with Gasteiger partial charge in [0.15, 0.2) is 0 Å². The molecule has 0 spiro atoms. The van der Waals surface area contributed by atoms with Crippen molar-refractivity contribution >= 4 is 0 Å². The topological polar surface area (TPSA) is 29.5 Å². The maximum atomic E-state index is 9.87. The number of allylic oxidation sites excluding steroid dienone is 1. The minimum atomic E-state index is -0.483. The van der Waals surface area contributed by atoms with Crippen LogP contribution in [0.2, 0.25) is 0 Å². The molecule has 3 rings (SSSR count). The Bertz CT molecular complexity index is 905. The van der Waals surface area contributed by atoms with E-state index in [9.17, 15) is 5.11 Å². The molecule has 162 valence electrons. The first-order valence-electron chi connectivity index (χ1n) is 11.2. The smallest absolute Gasteiger partial charge is 0.119 e. The van der Waals surface area contributed by atoms with Crippen LogP contribution >= 0.6 is 0 Å². The summed E-state index contributed by atoms with van der Waals surface area (Å²) in [5.74, 6) is 1.45. The Morgan fingerprint density at radius 3 is 2.03 bits per heavy atom. The molecule has 0 heterocycles. The first-order chi connectivity index (χ1) is 15.0. The van der Waals surface area contributed by atoms with Gasteiger partial charge in [-0.3, -0.25) is 0 Å².